The summed E-state index contributed by atoms with van der Waals surface area (Å²) < 4.78 is 0. The lowest BCUT2D eigenvalue weighted by Crippen LogP contribution is -2.29. The normalized spacial score (nSPS) is 10.6. The fourth-order valence-corrected chi connectivity index (χ4v) is 2.89. The van der Waals surface area contributed by atoms with Crippen molar-refractivity contribution in [1.82, 2.24) is 20.3 Å². The Bertz CT molecular complexity index is 734. The summed E-state index contributed by atoms with van der Waals surface area (Å²) in [7, 11) is 0. The van der Waals surface area contributed by atoms with E-state index in [4.69, 9.17) is 17.6 Å². The summed E-state index contributed by atoms with van der Waals surface area (Å²) in [5.41, 5.74) is 2.25. The molecule has 2 heterocycles. The van der Waals surface area contributed by atoms with Gasteiger partial charge in [-0.15, -0.1) is 0 Å². The van der Waals surface area contributed by atoms with Gasteiger partial charge in [-0.3, -0.25) is 4.98 Å². The van der Waals surface area contributed by atoms with E-state index in [9.17, 15) is 0 Å². The van der Waals surface area contributed by atoms with Gasteiger partial charge >= 0.3 is 0 Å². The average Bonchev–Trinajstić information content (AvgIpc) is 2.62. The minimum absolute atomic E-state index is 0.467. The van der Waals surface area contributed by atoms with Gasteiger partial charge in [-0.25, -0.2) is 9.97 Å². The van der Waals surface area contributed by atoms with E-state index in [2.05, 4.69) is 39.4 Å². The first-order chi connectivity index (χ1) is 12.1. The van der Waals surface area contributed by atoms with Crippen LogP contribution in [-0.2, 0) is 0 Å². The molecule has 0 bridgehead atoms. The zero-order chi connectivity index (χ0) is 18.1. The molecular formula is C17H24N6S2. The molecule has 0 aliphatic heterocycles. The van der Waals surface area contributed by atoms with Crippen LogP contribution in [0.15, 0.2) is 18.3 Å². The second-order valence-corrected chi connectivity index (χ2v) is 7.18. The van der Waals surface area contributed by atoms with Crippen molar-refractivity contribution in [2.75, 3.05) is 23.4 Å². The minimum Gasteiger partial charge on any atom is -0.362 e. The summed E-state index contributed by atoms with van der Waals surface area (Å²) in [6.45, 7) is 5.09. The Hall–Kier alpha value is -1.80. The molecule has 0 aliphatic rings. The van der Waals surface area contributed by atoms with Crippen LogP contribution in [0.5, 0.6) is 0 Å². The highest BCUT2D eigenvalue weighted by molar-refractivity contribution is 7.99. The third-order valence-electron chi connectivity index (χ3n) is 3.47. The molecule has 0 aliphatic carbocycles. The molecule has 0 amide bonds. The van der Waals surface area contributed by atoms with Crippen molar-refractivity contribution in [3.63, 3.8) is 0 Å². The van der Waals surface area contributed by atoms with E-state index < -0.39 is 0 Å². The maximum absolute atomic E-state index is 8.09. The average molecular weight is 377 g/mol. The Labute approximate surface area is 158 Å². The summed E-state index contributed by atoms with van der Waals surface area (Å²) in [5, 5.41) is 14.9. The molecular weight excluding hydrogens is 352 g/mol. The molecule has 0 radical (unpaired) electrons. The van der Waals surface area contributed by atoms with Crippen LogP contribution >= 0.6 is 24.0 Å². The lowest BCUT2D eigenvalue weighted by Gasteiger charge is -2.10. The zero-order valence-corrected chi connectivity index (χ0v) is 16.3. The summed E-state index contributed by atoms with van der Waals surface area (Å²) in [4.78, 5) is 13.3. The quantitative estimate of drug-likeness (QED) is 0.350. The molecule has 0 aromatic carbocycles. The van der Waals surface area contributed by atoms with Crippen molar-refractivity contribution < 1.29 is 0 Å². The topological polar surface area (TPSA) is 86.6 Å². The van der Waals surface area contributed by atoms with E-state index >= 15 is 0 Å². The molecule has 6 nitrogen and oxygen atoms in total. The van der Waals surface area contributed by atoms with Gasteiger partial charge in [0, 0.05) is 12.3 Å². The molecule has 0 saturated heterocycles. The van der Waals surface area contributed by atoms with E-state index in [0.717, 1.165) is 18.7 Å². The standard InChI is InChI=1S/C17H24N6S2/c1-3-5-6-9-19-17(24)23-15-8-7-13-16(22-15)21-14(10-20-13)12(18)11-25-4-2/h7-8,10,18H,3-6,9,11H2,1-2H3,(H2,19,21,22,23,24). The van der Waals surface area contributed by atoms with Crippen LogP contribution in [-0.4, -0.2) is 43.8 Å². The summed E-state index contributed by atoms with van der Waals surface area (Å²) in [6.07, 6.45) is 5.09. The highest BCUT2D eigenvalue weighted by Gasteiger charge is 2.08. The number of thiocarbonyl (C=S) groups is 1. The van der Waals surface area contributed by atoms with Gasteiger partial charge in [0.05, 0.1) is 11.9 Å². The van der Waals surface area contributed by atoms with Crippen molar-refractivity contribution in [2.24, 2.45) is 0 Å². The van der Waals surface area contributed by atoms with Crippen LogP contribution in [0.2, 0.25) is 0 Å². The molecule has 0 atom stereocenters. The number of thioether (sulfide) groups is 1. The van der Waals surface area contributed by atoms with Crippen molar-refractivity contribution >= 4 is 51.8 Å². The fraction of sp³-hybridized carbons (Fsp3) is 0.471. The Balaban J connectivity index is 2.04. The van der Waals surface area contributed by atoms with Gasteiger partial charge < -0.3 is 16.0 Å². The number of hydrogen-bond donors (Lipinski definition) is 3. The first-order valence-electron chi connectivity index (χ1n) is 8.48. The van der Waals surface area contributed by atoms with Gasteiger partial charge in [0.2, 0.25) is 0 Å². The Morgan fingerprint density at radius 2 is 2.08 bits per heavy atom. The number of fused-ring (bicyclic) bond motifs is 1. The lowest BCUT2D eigenvalue weighted by atomic mass is 10.2. The van der Waals surface area contributed by atoms with Gasteiger partial charge in [-0.2, -0.15) is 11.8 Å². The highest BCUT2D eigenvalue weighted by Crippen LogP contribution is 2.13. The molecule has 2 rings (SSSR count). The molecule has 134 valence electrons. The van der Waals surface area contributed by atoms with Crippen molar-refractivity contribution in [3.8, 4) is 0 Å². The number of anilines is 1. The number of pyridine rings is 1. The minimum atomic E-state index is 0.467. The SMILES string of the molecule is CCCCCNC(=S)Nc1ccc2ncc(C(=N)CSCC)nc2n1. The summed E-state index contributed by atoms with van der Waals surface area (Å²) in [5.74, 6) is 2.22. The first-order valence-corrected chi connectivity index (χ1v) is 10.0. The van der Waals surface area contributed by atoms with Crippen LogP contribution < -0.4 is 10.6 Å². The highest BCUT2D eigenvalue weighted by atomic mass is 32.2. The van der Waals surface area contributed by atoms with E-state index in [1.807, 2.05) is 12.1 Å². The number of rotatable bonds is 9. The van der Waals surface area contributed by atoms with Crippen molar-refractivity contribution in [3.05, 3.63) is 24.0 Å². The molecule has 8 heteroatoms. The maximum atomic E-state index is 8.09. The largest absolute Gasteiger partial charge is 0.362 e. The van der Waals surface area contributed by atoms with Gasteiger partial charge in [0.25, 0.3) is 0 Å². The van der Waals surface area contributed by atoms with Crippen LogP contribution in [0.4, 0.5) is 5.82 Å². The Morgan fingerprint density at radius 3 is 2.84 bits per heavy atom. The first kappa shape index (κ1) is 19.5. The predicted octanol–water partition coefficient (Wildman–Crippen LogP) is 3.62. The molecule has 25 heavy (non-hydrogen) atoms. The van der Waals surface area contributed by atoms with Crippen molar-refractivity contribution in [1.29, 1.82) is 5.41 Å². The second kappa shape index (κ2) is 10.2. The van der Waals surface area contributed by atoms with Crippen molar-refractivity contribution in [2.45, 2.75) is 33.1 Å². The molecule has 2 aromatic heterocycles. The van der Waals surface area contributed by atoms with Gasteiger partial charge in [-0.1, -0.05) is 26.7 Å². The second-order valence-electron chi connectivity index (χ2n) is 5.50. The lowest BCUT2D eigenvalue weighted by molar-refractivity contribution is 0.697. The zero-order valence-electron chi connectivity index (χ0n) is 14.6. The van der Waals surface area contributed by atoms with Gasteiger partial charge in [0.15, 0.2) is 10.8 Å². The molecule has 2 aromatic rings. The van der Waals surface area contributed by atoms with E-state index in [-0.39, 0.29) is 0 Å². The third kappa shape index (κ3) is 6.21. The van der Waals surface area contributed by atoms with Crippen LogP contribution in [0, 0.1) is 5.41 Å². The van der Waals surface area contributed by atoms with Crippen LogP contribution in [0.1, 0.15) is 38.8 Å². The molecule has 0 fully saturated rings. The van der Waals surface area contributed by atoms with E-state index in [0.29, 0.717) is 39.3 Å². The monoisotopic (exact) mass is 376 g/mol. The molecule has 0 unspecified atom stereocenters. The fourth-order valence-electron chi connectivity index (χ4n) is 2.13. The van der Waals surface area contributed by atoms with E-state index in [1.54, 1.807) is 18.0 Å². The molecule has 0 spiro atoms. The van der Waals surface area contributed by atoms with Gasteiger partial charge in [0.1, 0.15) is 17.0 Å². The Morgan fingerprint density at radius 1 is 1.24 bits per heavy atom. The maximum Gasteiger partial charge on any atom is 0.180 e. The predicted molar refractivity (Wildman–Crippen MR) is 111 cm³/mol. The smallest absolute Gasteiger partial charge is 0.180 e. The number of nitrogens with one attached hydrogen (secondary N) is 3. The number of aromatic nitrogens is 3. The van der Waals surface area contributed by atoms with Gasteiger partial charge in [-0.05, 0) is 36.5 Å². The third-order valence-corrected chi connectivity index (χ3v) is 4.62. The van der Waals surface area contributed by atoms with Crippen LogP contribution in [0.3, 0.4) is 0 Å². The van der Waals surface area contributed by atoms with E-state index in [1.165, 1.54) is 12.8 Å². The number of nitrogens with zero attached hydrogens (tertiary/aromatic N) is 3. The Kier molecular flexibility index (Phi) is 8.00. The summed E-state index contributed by atoms with van der Waals surface area (Å²) >= 11 is 6.98. The number of hydrogen-bond acceptors (Lipinski definition) is 6. The molecule has 3 N–H and O–H groups in total. The van der Waals surface area contributed by atoms with Crippen LogP contribution in [0.25, 0.3) is 11.2 Å². The summed E-state index contributed by atoms with van der Waals surface area (Å²) in [6, 6.07) is 3.68. The number of unbranched alkanes of at least 4 members (excludes halogenated alkanes) is 2. The molecule has 0 saturated carbocycles.